The van der Waals surface area contributed by atoms with Crippen molar-refractivity contribution in [1.82, 2.24) is 10.2 Å². The molecule has 1 aromatic carbocycles. The summed E-state index contributed by atoms with van der Waals surface area (Å²) >= 11 is 0. The van der Waals surface area contributed by atoms with Crippen LogP contribution in [0.1, 0.15) is 45.1 Å². The molecule has 1 unspecified atom stereocenters. The van der Waals surface area contributed by atoms with E-state index >= 15 is 0 Å². The molecule has 1 fully saturated rings. The van der Waals surface area contributed by atoms with E-state index in [2.05, 4.69) is 31.3 Å². The zero-order valence-electron chi connectivity index (χ0n) is 12.7. The van der Waals surface area contributed by atoms with Gasteiger partial charge in [-0.2, -0.15) is 0 Å². The summed E-state index contributed by atoms with van der Waals surface area (Å²) in [7, 11) is 0. The zero-order valence-corrected chi connectivity index (χ0v) is 12.7. The molecule has 1 atom stereocenters. The van der Waals surface area contributed by atoms with Gasteiger partial charge in [0.2, 0.25) is 5.91 Å². The Balaban J connectivity index is 2.11. The molecule has 0 bridgehead atoms. The van der Waals surface area contributed by atoms with Crippen LogP contribution in [0.4, 0.5) is 0 Å². The number of hydrogen-bond acceptors (Lipinski definition) is 2. The van der Waals surface area contributed by atoms with Gasteiger partial charge in [0.15, 0.2) is 0 Å². The lowest BCUT2D eigenvalue weighted by Gasteiger charge is -2.34. The number of nitrogens with zero attached hydrogens (tertiary/aromatic N) is 1. The highest BCUT2D eigenvalue weighted by Gasteiger charge is 2.42. The van der Waals surface area contributed by atoms with E-state index in [0.717, 1.165) is 38.8 Å². The van der Waals surface area contributed by atoms with Crippen LogP contribution in [-0.2, 0) is 11.3 Å². The first-order valence-electron chi connectivity index (χ1n) is 7.80. The fourth-order valence-electron chi connectivity index (χ4n) is 3.17. The number of carbonyl (C=O) groups is 1. The van der Waals surface area contributed by atoms with Crippen molar-refractivity contribution in [3.05, 3.63) is 35.9 Å². The monoisotopic (exact) mass is 274 g/mol. The van der Waals surface area contributed by atoms with Gasteiger partial charge < -0.3 is 10.2 Å². The van der Waals surface area contributed by atoms with Gasteiger partial charge in [-0.25, -0.2) is 0 Å². The van der Waals surface area contributed by atoms with Crippen molar-refractivity contribution in [2.24, 2.45) is 0 Å². The van der Waals surface area contributed by atoms with Crippen molar-refractivity contribution in [1.29, 1.82) is 0 Å². The molecule has 1 aromatic rings. The van der Waals surface area contributed by atoms with Crippen LogP contribution in [0, 0.1) is 0 Å². The highest BCUT2D eigenvalue weighted by molar-refractivity contribution is 5.86. The van der Waals surface area contributed by atoms with Crippen LogP contribution < -0.4 is 5.32 Å². The summed E-state index contributed by atoms with van der Waals surface area (Å²) in [5, 5.41) is 3.48. The molecule has 0 radical (unpaired) electrons. The molecule has 20 heavy (non-hydrogen) atoms. The molecule has 110 valence electrons. The van der Waals surface area contributed by atoms with Gasteiger partial charge in [-0.3, -0.25) is 4.79 Å². The quantitative estimate of drug-likeness (QED) is 0.865. The number of likely N-dealkylation sites (N-methyl/N-ethyl adjacent to an activating group) is 1. The maximum absolute atomic E-state index is 13.0. The first-order valence-corrected chi connectivity index (χ1v) is 7.80. The van der Waals surface area contributed by atoms with Crippen LogP contribution >= 0.6 is 0 Å². The van der Waals surface area contributed by atoms with Crippen molar-refractivity contribution in [2.45, 2.75) is 51.6 Å². The van der Waals surface area contributed by atoms with Gasteiger partial charge in [-0.05, 0) is 38.3 Å². The van der Waals surface area contributed by atoms with Crippen LogP contribution in [0.15, 0.2) is 30.3 Å². The maximum Gasteiger partial charge on any atom is 0.243 e. The Bertz CT molecular complexity index is 424. The Hall–Kier alpha value is -1.35. The van der Waals surface area contributed by atoms with Crippen molar-refractivity contribution in [3.63, 3.8) is 0 Å². The molecule has 1 aliphatic rings. The highest BCUT2D eigenvalue weighted by Crippen LogP contribution is 2.27. The molecule has 1 amide bonds. The van der Waals surface area contributed by atoms with Crippen LogP contribution in [-0.4, -0.2) is 29.4 Å². The molecule has 2 rings (SSSR count). The number of amides is 1. The van der Waals surface area contributed by atoms with Crippen molar-refractivity contribution in [3.8, 4) is 0 Å². The maximum atomic E-state index is 13.0. The van der Waals surface area contributed by atoms with Gasteiger partial charge in [0.25, 0.3) is 0 Å². The number of hydrogen-bond donors (Lipinski definition) is 1. The molecule has 1 saturated heterocycles. The fourth-order valence-corrected chi connectivity index (χ4v) is 3.17. The largest absolute Gasteiger partial charge is 0.337 e. The van der Waals surface area contributed by atoms with E-state index in [1.165, 1.54) is 5.56 Å². The van der Waals surface area contributed by atoms with E-state index < -0.39 is 0 Å². The van der Waals surface area contributed by atoms with E-state index in [1.807, 2.05) is 23.1 Å². The predicted octanol–water partition coefficient (Wildman–Crippen LogP) is 2.96. The lowest BCUT2D eigenvalue weighted by Crippen LogP contribution is -2.54. The normalized spacial score (nSPS) is 21.9. The van der Waals surface area contributed by atoms with Crippen LogP contribution in [0.5, 0.6) is 0 Å². The summed E-state index contributed by atoms with van der Waals surface area (Å²) in [5.74, 6) is 0.281. The van der Waals surface area contributed by atoms with Gasteiger partial charge >= 0.3 is 0 Å². The second-order valence-corrected chi connectivity index (χ2v) is 5.67. The van der Waals surface area contributed by atoms with Gasteiger partial charge in [-0.15, -0.1) is 0 Å². The highest BCUT2D eigenvalue weighted by atomic mass is 16.2. The SMILES string of the molecule is CCCC1(C(=O)N(CC)Cc2ccccc2)CCCN1. The third-order valence-electron chi connectivity index (χ3n) is 4.22. The van der Waals surface area contributed by atoms with E-state index in [0.29, 0.717) is 6.54 Å². The number of carbonyl (C=O) groups excluding carboxylic acids is 1. The topological polar surface area (TPSA) is 32.3 Å². The summed E-state index contributed by atoms with van der Waals surface area (Å²) in [6, 6.07) is 10.3. The molecule has 3 nitrogen and oxygen atoms in total. The van der Waals surface area contributed by atoms with Gasteiger partial charge in [0, 0.05) is 13.1 Å². The minimum atomic E-state index is -0.306. The average Bonchev–Trinajstić information content (AvgIpc) is 2.95. The molecule has 0 aromatic heterocycles. The van der Waals surface area contributed by atoms with Gasteiger partial charge in [0.05, 0.1) is 5.54 Å². The lowest BCUT2D eigenvalue weighted by atomic mass is 9.90. The molecule has 0 aliphatic carbocycles. The molecule has 0 spiro atoms. The second kappa shape index (κ2) is 6.89. The zero-order chi connectivity index (χ0) is 14.4. The Morgan fingerprint density at radius 1 is 1.30 bits per heavy atom. The molecule has 1 N–H and O–H groups in total. The Morgan fingerprint density at radius 2 is 2.05 bits per heavy atom. The standard InChI is InChI=1S/C17H26N2O/c1-3-11-17(12-8-13-18-17)16(20)19(4-2)14-15-9-6-5-7-10-15/h5-7,9-10,18H,3-4,8,11-14H2,1-2H3. The average molecular weight is 274 g/mol. The fraction of sp³-hybridized carbons (Fsp3) is 0.588. The van der Waals surface area contributed by atoms with Crippen LogP contribution in [0.3, 0.4) is 0 Å². The lowest BCUT2D eigenvalue weighted by molar-refractivity contribution is -0.138. The number of rotatable bonds is 6. The number of nitrogens with one attached hydrogen (secondary N) is 1. The number of benzene rings is 1. The third-order valence-corrected chi connectivity index (χ3v) is 4.22. The minimum Gasteiger partial charge on any atom is -0.337 e. The summed E-state index contributed by atoms with van der Waals surface area (Å²) in [4.78, 5) is 14.9. The van der Waals surface area contributed by atoms with E-state index in [9.17, 15) is 4.79 Å². The second-order valence-electron chi connectivity index (χ2n) is 5.67. The smallest absolute Gasteiger partial charge is 0.243 e. The van der Waals surface area contributed by atoms with Crippen molar-refractivity contribution < 1.29 is 4.79 Å². The van der Waals surface area contributed by atoms with Crippen molar-refractivity contribution >= 4 is 5.91 Å². The van der Waals surface area contributed by atoms with Crippen LogP contribution in [0.2, 0.25) is 0 Å². The van der Waals surface area contributed by atoms with E-state index in [1.54, 1.807) is 0 Å². The van der Waals surface area contributed by atoms with Gasteiger partial charge in [0.1, 0.15) is 0 Å². The Labute approximate surface area is 122 Å². The van der Waals surface area contributed by atoms with Crippen LogP contribution in [0.25, 0.3) is 0 Å². The van der Waals surface area contributed by atoms with E-state index in [-0.39, 0.29) is 11.4 Å². The molecule has 0 saturated carbocycles. The Morgan fingerprint density at radius 3 is 2.60 bits per heavy atom. The molecule has 1 aliphatic heterocycles. The molecular formula is C17H26N2O. The third kappa shape index (κ3) is 3.21. The predicted molar refractivity (Wildman–Crippen MR) is 82.4 cm³/mol. The molecule has 1 heterocycles. The summed E-state index contributed by atoms with van der Waals surface area (Å²) < 4.78 is 0. The molecule has 3 heteroatoms. The minimum absolute atomic E-state index is 0.281. The first-order chi connectivity index (χ1) is 9.72. The summed E-state index contributed by atoms with van der Waals surface area (Å²) in [6.45, 7) is 6.66. The Kier molecular flexibility index (Phi) is 5.18. The van der Waals surface area contributed by atoms with Crippen molar-refractivity contribution in [2.75, 3.05) is 13.1 Å². The molecular weight excluding hydrogens is 248 g/mol. The first kappa shape index (κ1) is 15.0. The summed E-state index contributed by atoms with van der Waals surface area (Å²) in [6.07, 6.45) is 4.07. The summed E-state index contributed by atoms with van der Waals surface area (Å²) in [5.41, 5.74) is 0.895. The van der Waals surface area contributed by atoms with E-state index in [4.69, 9.17) is 0 Å². The van der Waals surface area contributed by atoms with Gasteiger partial charge in [-0.1, -0.05) is 43.7 Å².